The Morgan fingerprint density at radius 3 is 1.71 bits per heavy atom. The fourth-order valence-corrected chi connectivity index (χ4v) is 12.7. The maximum Gasteiger partial charge on any atom is 0.0543 e. The lowest BCUT2D eigenvalue weighted by Gasteiger charge is -2.29. The third kappa shape index (κ3) is 6.28. The fourth-order valence-electron chi connectivity index (χ4n) is 11.6. The first-order valence-electron chi connectivity index (χ1n) is 23.8. The smallest absolute Gasteiger partial charge is 0.0543 e. The Morgan fingerprint density at radius 1 is 0.309 bits per heavy atom. The van der Waals surface area contributed by atoms with Gasteiger partial charge in [-0.1, -0.05) is 185 Å². The summed E-state index contributed by atoms with van der Waals surface area (Å²) >= 11 is 1.87. The number of thiophene rings is 1. The molecule has 68 heavy (non-hydrogen) atoms. The molecule has 2 heteroatoms. The van der Waals surface area contributed by atoms with Crippen molar-refractivity contribution in [1.29, 1.82) is 0 Å². The van der Waals surface area contributed by atoms with Crippen LogP contribution in [0.1, 0.15) is 49.9 Å². The van der Waals surface area contributed by atoms with Crippen LogP contribution in [0.25, 0.3) is 86.9 Å². The Kier molecular flexibility index (Phi) is 9.16. The molecule has 0 saturated heterocycles. The molecule has 2 aliphatic carbocycles. The SMILES string of the molecule is CC1(C)c2ccc(-c3cccc(N(c4ccc(-c5ccc6sc7ccccc7c6c5)cc4)c4cccc5c4-c4ccccc4C5(C)C)c3)cc2-c2c(-c3ccccc3)cc(-c3ccccc3)cc21. The summed E-state index contributed by atoms with van der Waals surface area (Å²) in [5.74, 6) is 0. The third-order valence-corrected chi connectivity index (χ3v) is 16.2. The molecule has 11 aromatic rings. The van der Waals surface area contributed by atoms with Crippen molar-refractivity contribution in [3.05, 3.63) is 247 Å². The van der Waals surface area contributed by atoms with Crippen LogP contribution in [-0.4, -0.2) is 0 Å². The van der Waals surface area contributed by atoms with E-state index in [2.05, 4.69) is 257 Å². The first-order chi connectivity index (χ1) is 33.2. The van der Waals surface area contributed by atoms with Crippen molar-refractivity contribution in [1.82, 2.24) is 0 Å². The minimum atomic E-state index is -0.177. The van der Waals surface area contributed by atoms with E-state index in [0.29, 0.717) is 0 Å². The van der Waals surface area contributed by atoms with Gasteiger partial charge >= 0.3 is 0 Å². The summed E-state index contributed by atoms with van der Waals surface area (Å²) in [6.07, 6.45) is 0. The Morgan fingerprint density at radius 2 is 0.882 bits per heavy atom. The molecule has 0 fully saturated rings. The van der Waals surface area contributed by atoms with E-state index in [4.69, 9.17) is 0 Å². The number of benzene rings is 10. The number of anilines is 3. The van der Waals surface area contributed by atoms with E-state index >= 15 is 0 Å². The van der Waals surface area contributed by atoms with Crippen LogP contribution >= 0.6 is 11.3 Å². The molecule has 0 unspecified atom stereocenters. The summed E-state index contributed by atoms with van der Waals surface area (Å²) in [5.41, 5.74) is 23.7. The second kappa shape index (κ2) is 15.4. The lowest BCUT2D eigenvalue weighted by atomic mass is 9.80. The van der Waals surface area contributed by atoms with Crippen molar-refractivity contribution in [2.45, 2.75) is 38.5 Å². The summed E-state index contributed by atoms with van der Waals surface area (Å²) < 4.78 is 2.65. The summed E-state index contributed by atoms with van der Waals surface area (Å²) in [4.78, 5) is 2.49. The average Bonchev–Trinajstić information content (AvgIpc) is 3.96. The summed E-state index contributed by atoms with van der Waals surface area (Å²) in [5, 5.41) is 2.64. The zero-order chi connectivity index (χ0) is 45.7. The molecular formula is C66H49NS. The van der Waals surface area contributed by atoms with Gasteiger partial charge in [-0.3, -0.25) is 0 Å². The van der Waals surface area contributed by atoms with Gasteiger partial charge in [0.2, 0.25) is 0 Å². The van der Waals surface area contributed by atoms with E-state index in [9.17, 15) is 0 Å². The molecule has 0 N–H and O–H groups in total. The van der Waals surface area contributed by atoms with E-state index < -0.39 is 0 Å². The van der Waals surface area contributed by atoms with Gasteiger partial charge in [-0.2, -0.15) is 0 Å². The van der Waals surface area contributed by atoms with Crippen molar-refractivity contribution >= 4 is 48.6 Å². The summed E-state index contributed by atoms with van der Waals surface area (Å²) in [6, 6.07) is 83.8. The van der Waals surface area contributed by atoms with Gasteiger partial charge in [0.05, 0.1) is 5.69 Å². The van der Waals surface area contributed by atoms with E-state index in [0.717, 1.165) is 11.4 Å². The van der Waals surface area contributed by atoms with Crippen LogP contribution in [0.3, 0.4) is 0 Å². The number of fused-ring (bicyclic) bond motifs is 9. The number of nitrogens with zero attached hydrogens (tertiary/aromatic N) is 1. The quantitative estimate of drug-likeness (QED) is 0.154. The van der Waals surface area contributed by atoms with Gasteiger partial charge in [-0.25, -0.2) is 0 Å². The first-order valence-corrected chi connectivity index (χ1v) is 24.6. The predicted octanol–water partition coefficient (Wildman–Crippen LogP) is 18.8. The molecule has 0 spiro atoms. The molecule has 0 atom stereocenters. The van der Waals surface area contributed by atoms with E-state index in [-0.39, 0.29) is 10.8 Å². The second-order valence-electron chi connectivity index (χ2n) is 19.7. The zero-order valence-corrected chi connectivity index (χ0v) is 39.5. The summed E-state index contributed by atoms with van der Waals surface area (Å²) in [7, 11) is 0. The van der Waals surface area contributed by atoms with Gasteiger partial charge in [-0.15, -0.1) is 11.3 Å². The van der Waals surface area contributed by atoms with Crippen molar-refractivity contribution in [2.75, 3.05) is 4.90 Å². The van der Waals surface area contributed by atoms with Gasteiger partial charge in [0.1, 0.15) is 0 Å². The Balaban J connectivity index is 0.960. The van der Waals surface area contributed by atoms with Crippen molar-refractivity contribution in [3.8, 4) is 66.8 Å². The molecular weight excluding hydrogens is 839 g/mol. The zero-order valence-electron chi connectivity index (χ0n) is 38.7. The lowest BCUT2D eigenvalue weighted by molar-refractivity contribution is 0.660. The topological polar surface area (TPSA) is 3.24 Å². The maximum atomic E-state index is 2.49. The van der Waals surface area contributed by atoms with Crippen LogP contribution in [0.5, 0.6) is 0 Å². The first kappa shape index (κ1) is 40.5. The minimum Gasteiger partial charge on any atom is -0.310 e. The lowest BCUT2D eigenvalue weighted by Crippen LogP contribution is -2.16. The number of rotatable bonds is 7. The van der Waals surface area contributed by atoms with Crippen LogP contribution < -0.4 is 4.90 Å². The van der Waals surface area contributed by atoms with Gasteiger partial charge in [-0.05, 0) is 150 Å². The van der Waals surface area contributed by atoms with Crippen molar-refractivity contribution in [2.24, 2.45) is 0 Å². The molecule has 1 nitrogen and oxygen atoms in total. The molecule has 1 aromatic heterocycles. The summed E-state index contributed by atoms with van der Waals surface area (Å²) in [6.45, 7) is 9.52. The number of hydrogen-bond acceptors (Lipinski definition) is 2. The van der Waals surface area contributed by atoms with Crippen LogP contribution in [-0.2, 0) is 10.8 Å². The van der Waals surface area contributed by atoms with Gasteiger partial charge < -0.3 is 4.90 Å². The Hall–Kier alpha value is -7.78. The molecule has 0 bridgehead atoms. The highest BCUT2D eigenvalue weighted by Crippen LogP contribution is 2.56. The molecule has 0 amide bonds. The predicted molar refractivity (Wildman–Crippen MR) is 291 cm³/mol. The van der Waals surface area contributed by atoms with Crippen LogP contribution in [0.4, 0.5) is 17.1 Å². The second-order valence-corrected chi connectivity index (χ2v) is 20.8. The van der Waals surface area contributed by atoms with E-state index in [1.165, 1.54) is 115 Å². The maximum absolute atomic E-state index is 2.49. The fraction of sp³-hybridized carbons (Fsp3) is 0.0909. The standard InChI is InChI=1S/C66H49NS/c1-65(2)56-25-13-11-24-52(56)64-58(65)26-16-27-60(64)67(49-33-29-43(30-34-49)46-32-36-62-54(38-46)51-23-12-14-28-61(51)68-62)50-22-15-21-45(37-50)47-31-35-57-55(39-47)63-53(44-19-9-6-10-20-44)40-48(41-59(63)66(57,3)4)42-17-7-5-8-18-42/h5-41H,1-4H3. The largest absolute Gasteiger partial charge is 0.310 e. The minimum absolute atomic E-state index is 0.126. The average molecular weight is 888 g/mol. The van der Waals surface area contributed by atoms with Crippen LogP contribution in [0, 0.1) is 0 Å². The van der Waals surface area contributed by atoms with Gasteiger partial charge in [0.25, 0.3) is 0 Å². The molecule has 0 radical (unpaired) electrons. The van der Waals surface area contributed by atoms with E-state index in [1.807, 2.05) is 11.3 Å². The van der Waals surface area contributed by atoms with Crippen LogP contribution in [0.2, 0.25) is 0 Å². The molecule has 324 valence electrons. The van der Waals surface area contributed by atoms with E-state index in [1.54, 1.807) is 0 Å². The molecule has 1 heterocycles. The highest BCUT2D eigenvalue weighted by atomic mass is 32.1. The molecule has 0 aliphatic heterocycles. The number of hydrogen-bond donors (Lipinski definition) is 0. The Labute approximate surface area is 403 Å². The van der Waals surface area contributed by atoms with Gasteiger partial charge in [0, 0.05) is 47.9 Å². The highest BCUT2D eigenvalue weighted by Gasteiger charge is 2.39. The third-order valence-electron chi connectivity index (χ3n) is 15.1. The van der Waals surface area contributed by atoms with Gasteiger partial charge in [0.15, 0.2) is 0 Å². The molecule has 13 rings (SSSR count). The molecule has 2 aliphatic rings. The van der Waals surface area contributed by atoms with Crippen LogP contribution in [0.15, 0.2) is 224 Å². The van der Waals surface area contributed by atoms with Crippen molar-refractivity contribution < 1.29 is 0 Å². The Bertz CT molecular complexity index is 3780. The monoisotopic (exact) mass is 887 g/mol. The molecule has 10 aromatic carbocycles. The normalized spacial score (nSPS) is 13.8. The van der Waals surface area contributed by atoms with Crippen molar-refractivity contribution in [3.63, 3.8) is 0 Å². The highest BCUT2D eigenvalue weighted by molar-refractivity contribution is 7.25. The molecule has 0 saturated carbocycles.